The molecule has 0 unspecified atom stereocenters. The van der Waals surface area contributed by atoms with Gasteiger partial charge in [-0.3, -0.25) is 4.79 Å². The summed E-state index contributed by atoms with van der Waals surface area (Å²) in [5.41, 5.74) is 2.09. The van der Waals surface area contributed by atoms with Crippen LogP contribution in [0.1, 0.15) is 30.9 Å². The number of fused-ring (bicyclic) bond motifs is 1. The molecule has 1 heterocycles. The van der Waals surface area contributed by atoms with Gasteiger partial charge in [0.2, 0.25) is 10.0 Å². The normalized spacial score (nSPS) is 12.2. The van der Waals surface area contributed by atoms with Crippen molar-refractivity contribution in [1.82, 2.24) is 9.29 Å². The van der Waals surface area contributed by atoms with Crippen LogP contribution in [0.25, 0.3) is 10.9 Å². The Bertz CT molecular complexity index is 825. The van der Waals surface area contributed by atoms with E-state index in [1.807, 2.05) is 32.0 Å². The number of H-pyrrole nitrogens is 1. The van der Waals surface area contributed by atoms with Crippen LogP contribution in [-0.2, 0) is 16.6 Å². The van der Waals surface area contributed by atoms with E-state index in [1.165, 1.54) is 10.6 Å². The van der Waals surface area contributed by atoms with Crippen LogP contribution >= 0.6 is 0 Å². The van der Waals surface area contributed by atoms with Crippen LogP contribution < -0.4 is 5.56 Å². The molecule has 6 heteroatoms. The van der Waals surface area contributed by atoms with Crippen LogP contribution in [0.3, 0.4) is 0 Å². The summed E-state index contributed by atoms with van der Waals surface area (Å²) in [6.45, 7) is 4.53. The van der Waals surface area contributed by atoms with E-state index in [2.05, 4.69) is 4.98 Å². The van der Waals surface area contributed by atoms with Gasteiger partial charge >= 0.3 is 0 Å². The van der Waals surface area contributed by atoms with E-state index in [0.717, 1.165) is 29.3 Å². The van der Waals surface area contributed by atoms with Gasteiger partial charge in [0.1, 0.15) is 0 Å². The Morgan fingerprint density at radius 1 is 1.23 bits per heavy atom. The van der Waals surface area contributed by atoms with Gasteiger partial charge in [-0.2, -0.15) is 4.31 Å². The van der Waals surface area contributed by atoms with Crippen molar-refractivity contribution in [3.8, 4) is 0 Å². The van der Waals surface area contributed by atoms with E-state index in [4.69, 9.17) is 0 Å². The van der Waals surface area contributed by atoms with Gasteiger partial charge in [0.25, 0.3) is 5.56 Å². The van der Waals surface area contributed by atoms with Crippen molar-refractivity contribution in [1.29, 1.82) is 0 Å². The van der Waals surface area contributed by atoms with E-state index >= 15 is 0 Å². The fourth-order valence-electron chi connectivity index (χ4n) is 2.38. The highest BCUT2D eigenvalue weighted by Crippen LogP contribution is 2.15. The van der Waals surface area contributed by atoms with Crippen LogP contribution in [0, 0.1) is 6.92 Å². The topological polar surface area (TPSA) is 70.2 Å². The van der Waals surface area contributed by atoms with Gasteiger partial charge in [-0.05, 0) is 36.9 Å². The molecule has 2 aromatic rings. The van der Waals surface area contributed by atoms with E-state index in [1.54, 1.807) is 6.07 Å². The second-order valence-electron chi connectivity index (χ2n) is 5.66. The third-order valence-corrected chi connectivity index (χ3v) is 4.90. The Balaban J connectivity index is 2.40. The van der Waals surface area contributed by atoms with Gasteiger partial charge in [-0.1, -0.05) is 25.0 Å². The highest BCUT2D eigenvalue weighted by Gasteiger charge is 2.18. The summed E-state index contributed by atoms with van der Waals surface area (Å²) >= 11 is 0. The summed E-state index contributed by atoms with van der Waals surface area (Å²) in [6, 6.07) is 7.56. The number of benzene rings is 1. The fraction of sp³-hybridized carbons (Fsp3) is 0.438. The Kier molecular flexibility index (Phi) is 5.03. The first-order valence-corrected chi connectivity index (χ1v) is 9.24. The number of aromatic nitrogens is 1. The standard InChI is InChI=1S/C16H22N2O3S/c1-4-5-8-18(22(3,20)21)11-14-10-13-9-12(2)6-7-15(13)17-16(14)19/h6-7,9-10H,4-5,8,11H2,1-3H3,(H,17,19). The summed E-state index contributed by atoms with van der Waals surface area (Å²) in [4.78, 5) is 15.0. The molecule has 1 aromatic heterocycles. The minimum absolute atomic E-state index is 0.109. The molecular weight excluding hydrogens is 300 g/mol. The van der Waals surface area contributed by atoms with Crippen LogP contribution in [0.2, 0.25) is 0 Å². The number of hydrogen-bond acceptors (Lipinski definition) is 3. The quantitative estimate of drug-likeness (QED) is 0.888. The number of aryl methyl sites for hydroxylation is 1. The Morgan fingerprint density at radius 2 is 1.95 bits per heavy atom. The monoisotopic (exact) mass is 322 g/mol. The average molecular weight is 322 g/mol. The lowest BCUT2D eigenvalue weighted by atomic mass is 10.1. The number of aromatic amines is 1. The van der Waals surface area contributed by atoms with Crippen LogP contribution in [0.15, 0.2) is 29.1 Å². The third kappa shape index (κ3) is 3.96. The van der Waals surface area contributed by atoms with Gasteiger partial charge in [-0.25, -0.2) is 8.42 Å². The molecule has 0 aliphatic rings. The predicted molar refractivity (Wildman–Crippen MR) is 89.5 cm³/mol. The molecule has 1 aromatic carbocycles. The summed E-state index contributed by atoms with van der Waals surface area (Å²) in [6.07, 6.45) is 2.86. The van der Waals surface area contributed by atoms with E-state index < -0.39 is 10.0 Å². The highest BCUT2D eigenvalue weighted by molar-refractivity contribution is 7.88. The molecule has 0 saturated heterocycles. The van der Waals surface area contributed by atoms with Crippen molar-refractivity contribution in [2.45, 2.75) is 33.2 Å². The first kappa shape index (κ1) is 16.7. The molecule has 120 valence electrons. The molecule has 0 bridgehead atoms. The molecule has 0 atom stereocenters. The minimum Gasteiger partial charge on any atom is -0.322 e. The fourth-order valence-corrected chi connectivity index (χ4v) is 3.21. The van der Waals surface area contributed by atoms with Crippen molar-refractivity contribution < 1.29 is 8.42 Å². The zero-order chi connectivity index (χ0) is 16.3. The average Bonchev–Trinajstić information content (AvgIpc) is 2.43. The molecule has 0 spiro atoms. The van der Waals surface area contributed by atoms with Gasteiger partial charge in [-0.15, -0.1) is 0 Å². The first-order valence-electron chi connectivity index (χ1n) is 7.39. The number of pyridine rings is 1. The molecule has 2 rings (SSSR count). The molecule has 0 aliphatic carbocycles. The third-order valence-electron chi connectivity index (χ3n) is 3.65. The molecule has 5 nitrogen and oxygen atoms in total. The number of unbranched alkanes of at least 4 members (excludes halogenated alkanes) is 1. The SMILES string of the molecule is CCCCN(Cc1cc2cc(C)ccc2[nH]c1=O)S(C)(=O)=O. The van der Waals surface area contributed by atoms with Crippen molar-refractivity contribution in [3.05, 3.63) is 45.7 Å². The molecular formula is C16H22N2O3S. The summed E-state index contributed by atoms with van der Waals surface area (Å²) in [5.74, 6) is 0. The molecule has 0 amide bonds. The first-order chi connectivity index (χ1) is 10.3. The largest absolute Gasteiger partial charge is 0.322 e. The second kappa shape index (κ2) is 6.62. The maximum Gasteiger partial charge on any atom is 0.252 e. The van der Waals surface area contributed by atoms with Gasteiger partial charge in [0.15, 0.2) is 0 Å². The van der Waals surface area contributed by atoms with E-state index in [0.29, 0.717) is 12.1 Å². The summed E-state index contributed by atoms with van der Waals surface area (Å²) in [5, 5.41) is 0.915. The number of sulfonamides is 1. The molecule has 0 radical (unpaired) electrons. The molecule has 0 fully saturated rings. The lowest BCUT2D eigenvalue weighted by Crippen LogP contribution is -2.32. The zero-order valence-corrected chi connectivity index (χ0v) is 14.0. The maximum absolute atomic E-state index is 12.2. The van der Waals surface area contributed by atoms with Crippen LogP contribution in [-0.4, -0.2) is 30.5 Å². The maximum atomic E-state index is 12.2. The second-order valence-corrected chi connectivity index (χ2v) is 7.65. The molecule has 0 aliphatic heterocycles. The van der Waals surface area contributed by atoms with Gasteiger partial charge < -0.3 is 4.98 Å². The smallest absolute Gasteiger partial charge is 0.252 e. The van der Waals surface area contributed by atoms with Crippen LogP contribution in [0.4, 0.5) is 0 Å². The van der Waals surface area contributed by atoms with Crippen LogP contribution in [0.5, 0.6) is 0 Å². The van der Waals surface area contributed by atoms with Crippen molar-refractivity contribution in [2.24, 2.45) is 0 Å². The molecule has 0 saturated carbocycles. The van der Waals surface area contributed by atoms with Gasteiger partial charge in [0.05, 0.1) is 6.26 Å². The number of nitrogens with one attached hydrogen (secondary N) is 1. The summed E-state index contributed by atoms with van der Waals surface area (Å²) in [7, 11) is -3.33. The van der Waals surface area contributed by atoms with Crippen molar-refractivity contribution in [3.63, 3.8) is 0 Å². The summed E-state index contributed by atoms with van der Waals surface area (Å²) < 4.78 is 25.1. The number of nitrogens with zero attached hydrogens (tertiary/aromatic N) is 1. The van der Waals surface area contributed by atoms with Crippen molar-refractivity contribution in [2.75, 3.05) is 12.8 Å². The van der Waals surface area contributed by atoms with Crippen molar-refractivity contribution >= 4 is 20.9 Å². The number of rotatable bonds is 6. The Morgan fingerprint density at radius 3 is 2.59 bits per heavy atom. The Labute approximate surface area is 131 Å². The lowest BCUT2D eigenvalue weighted by molar-refractivity contribution is 0.400. The zero-order valence-electron chi connectivity index (χ0n) is 13.2. The minimum atomic E-state index is -3.33. The van der Waals surface area contributed by atoms with E-state index in [9.17, 15) is 13.2 Å². The lowest BCUT2D eigenvalue weighted by Gasteiger charge is -2.19. The van der Waals surface area contributed by atoms with E-state index in [-0.39, 0.29) is 12.1 Å². The highest BCUT2D eigenvalue weighted by atomic mass is 32.2. The predicted octanol–water partition coefficient (Wildman–Crippen LogP) is 2.40. The molecule has 1 N–H and O–H groups in total. The molecule has 22 heavy (non-hydrogen) atoms. The van der Waals surface area contributed by atoms with Gasteiger partial charge in [0, 0.05) is 24.2 Å². The number of hydrogen-bond donors (Lipinski definition) is 1. The Hall–Kier alpha value is -1.66.